The van der Waals surface area contributed by atoms with Crippen molar-refractivity contribution in [2.24, 2.45) is 5.41 Å². The highest BCUT2D eigenvalue weighted by atomic mass is 32.2. The Balaban J connectivity index is 2.35. The summed E-state index contributed by atoms with van der Waals surface area (Å²) in [5.74, 6) is 1.31. The molecule has 1 fully saturated rings. The predicted molar refractivity (Wildman–Crippen MR) is 79.9 cm³/mol. The fourth-order valence-electron chi connectivity index (χ4n) is 2.49. The van der Waals surface area contributed by atoms with E-state index in [1.807, 2.05) is 0 Å². The summed E-state index contributed by atoms with van der Waals surface area (Å²) in [7, 11) is 0. The second kappa shape index (κ2) is 7.01. The molecule has 102 valence electrons. The molecule has 3 heteroatoms. The Labute approximate surface area is 112 Å². The average Bonchev–Trinajstić information content (AvgIpc) is 2.22. The van der Waals surface area contributed by atoms with Crippen molar-refractivity contribution in [1.29, 1.82) is 0 Å². The molecule has 2 nitrogen and oxygen atoms in total. The maximum absolute atomic E-state index is 3.64. The molecule has 1 aliphatic heterocycles. The molecule has 1 N–H and O–H groups in total. The maximum atomic E-state index is 3.64. The van der Waals surface area contributed by atoms with Crippen LogP contribution in [0.4, 0.5) is 0 Å². The second-order valence-corrected chi connectivity index (χ2v) is 7.79. The zero-order valence-corrected chi connectivity index (χ0v) is 13.1. The van der Waals surface area contributed by atoms with E-state index in [9.17, 15) is 0 Å². The van der Waals surface area contributed by atoms with Crippen LogP contribution in [0.5, 0.6) is 0 Å². The fourth-order valence-corrected chi connectivity index (χ4v) is 3.58. The quantitative estimate of drug-likeness (QED) is 0.816. The number of rotatable bonds is 5. The normalized spacial score (nSPS) is 24.9. The molecule has 0 aromatic rings. The molecule has 1 heterocycles. The standard InChI is InChI=1S/C14H30N2S/c1-6-15-13(14(3,4)5)7-8-16-9-10-17-12(2)11-16/h12-13,15H,6-11H2,1-5H3. The van der Waals surface area contributed by atoms with Crippen molar-refractivity contribution in [3.63, 3.8) is 0 Å². The second-order valence-electron chi connectivity index (χ2n) is 6.25. The van der Waals surface area contributed by atoms with Crippen LogP contribution in [-0.2, 0) is 0 Å². The Kier molecular flexibility index (Phi) is 6.32. The molecular weight excluding hydrogens is 228 g/mol. The minimum atomic E-state index is 0.367. The largest absolute Gasteiger partial charge is 0.314 e. The van der Waals surface area contributed by atoms with E-state index >= 15 is 0 Å². The molecule has 0 bridgehead atoms. The van der Waals surface area contributed by atoms with Crippen molar-refractivity contribution in [3.8, 4) is 0 Å². The van der Waals surface area contributed by atoms with Gasteiger partial charge in [-0.05, 0) is 24.9 Å². The highest BCUT2D eigenvalue weighted by molar-refractivity contribution is 7.99. The number of nitrogens with zero attached hydrogens (tertiary/aromatic N) is 1. The molecular formula is C14H30N2S. The summed E-state index contributed by atoms with van der Waals surface area (Å²) in [6.07, 6.45) is 1.27. The monoisotopic (exact) mass is 258 g/mol. The zero-order valence-electron chi connectivity index (χ0n) is 12.3. The molecule has 1 rings (SSSR count). The van der Waals surface area contributed by atoms with Gasteiger partial charge in [-0.2, -0.15) is 11.8 Å². The van der Waals surface area contributed by atoms with Crippen LogP contribution < -0.4 is 5.32 Å². The van der Waals surface area contributed by atoms with E-state index < -0.39 is 0 Å². The fraction of sp³-hybridized carbons (Fsp3) is 1.00. The van der Waals surface area contributed by atoms with Gasteiger partial charge in [0.05, 0.1) is 0 Å². The first-order valence-electron chi connectivity index (χ1n) is 7.00. The summed E-state index contributed by atoms with van der Waals surface area (Å²) in [5, 5.41) is 4.46. The van der Waals surface area contributed by atoms with Crippen molar-refractivity contribution in [2.75, 3.05) is 31.9 Å². The number of hydrogen-bond acceptors (Lipinski definition) is 3. The van der Waals surface area contributed by atoms with Crippen LogP contribution in [0.1, 0.15) is 41.0 Å². The third-order valence-electron chi connectivity index (χ3n) is 3.56. The minimum Gasteiger partial charge on any atom is -0.314 e. The van der Waals surface area contributed by atoms with Gasteiger partial charge < -0.3 is 10.2 Å². The van der Waals surface area contributed by atoms with E-state index in [0.29, 0.717) is 11.5 Å². The molecule has 0 aromatic heterocycles. The Morgan fingerprint density at radius 1 is 1.41 bits per heavy atom. The highest BCUT2D eigenvalue weighted by Crippen LogP contribution is 2.23. The molecule has 0 aromatic carbocycles. The van der Waals surface area contributed by atoms with E-state index in [1.54, 1.807) is 0 Å². The van der Waals surface area contributed by atoms with E-state index in [0.717, 1.165) is 11.8 Å². The molecule has 0 spiro atoms. The summed E-state index contributed by atoms with van der Waals surface area (Å²) in [6.45, 7) is 16.5. The van der Waals surface area contributed by atoms with Gasteiger partial charge in [-0.15, -0.1) is 0 Å². The lowest BCUT2D eigenvalue weighted by Crippen LogP contribution is -2.44. The Morgan fingerprint density at radius 3 is 2.65 bits per heavy atom. The summed E-state index contributed by atoms with van der Waals surface area (Å²) in [5.41, 5.74) is 0.367. The topological polar surface area (TPSA) is 15.3 Å². The Hall–Kier alpha value is 0.270. The van der Waals surface area contributed by atoms with Crippen molar-refractivity contribution in [2.45, 2.75) is 52.3 Å². The zero-order chi connectivity index (χ0) is 12.9. The van der Waals surface area contributed by atoms with Gasteiger partial charge in [0.2, 0.25) is 0 Å². The molecule has 0 saturated carbocycles. The van der Waals surface area contributed by atoms with E-state index in [2.05, 4.69) is 56.6 Å². The summed E-state index contributed by atoms with van der Waals surface area (Å²) < 4.78 is 0. The highest BCUT2D eigenvalue weighted by Gasteiger charge is 2.25. The van der Waals surface area contributed by atoms with Crippen LogP contribution in [0, 0.1) is 5.41 Å². The molecule has 0 aliphatic carbocycles. The smallest absolute Gasteiger partial charge is 0.0147 e. The number of thioether (sulfide) groups is 1. The predicted octanol–water partition coefficient (Wildman–Crippen LogP) is 2.84. The third-order valence-corrected chi connectivity index (χ3v) is 4.69. The van der Waals surface area contributed by atoms with Crippen LogP contribution >= 0.6 is 11.8 Å². The van der Waals surface area contributed by atoms with E-state index in [1.165, 1.54) is 31.8 Å². The first-order valence-corrected chi connectivity index (χ1v) is 8.05. The molecule has 2 atom stereocenters. The number of hydrogen-bond donors (Lipinski definition) is 1. The van der Waals surface area contributed by atoms with Crippen molar-refractivity contribution in [3.05, 3.63) is 0 Å². The summed E-state index contributed by atoms with van der Waals surface area (Å²) in [6, 6.07) is 0.636. The lowest BCUT2D eigenvalue weighted by Gasteiger charge is -2.35. The van der Waals surface area contributed by atoms with Crippen molar-refractivity contribution in [1.82, 2.24) is 10.2 Å². The molecule has 1 saturated heterocycles. The summed E-state index contributed by atoms with van der Waals surface area (Å²) in [4.78, 5) is 2.64. The van der Waals surface area contributed by atoms with Gasteiger partial charge >= 0.3 is 0 Å². The van der Waals surface area contributed by atoms with Gasteiger partial charge in [-0.3, -0.25) is 0 Å². The van der Waals surface area contributed by atoms with Gasteiger partial charge in [0.1, 0.15) is 0 Å². The van der Waals surface area contributed by atoms with Crippen LogP contribution in [0.2, 0.25) is 0 Å². The molecule has 17 heavy (non-hydrogen) atoms. The summed E-state index contributed by atoms with van der Waals surface area (Å²) >= 11 is 2.11. The lowest BCUT2D eigenvalue weighted by atomic mass is 9.84. The first-order chi connectivity index (χ1) is 7.93. The average molecular weight is 258 g/mol. The molecule has 2 unspecified atom stereocenters. The maximum Gasteiger partial charge on any atom is 0.0147 e. The lowest BCUT2D eigenvalue weighted by molar-refractivity contribution is 0.209. The Bertz CT molecular complexity index is 213. The van der Waals surface area contributed by atoms with Crippen LogP contribution in [0.15, 0.2) is 0 Å². The van der Waals surface area contributed by atoms with Crippen LogP contribution in [0.25, 0.3) is 0 Å². The first kappa shape index (κ1) is 15.3. The SMILES string of the molecule is CCNC(CCN1CCSC(C)C1)C(C)(C)C. The molecule has 0 amide bonds. The Morgan fingerprint density at radius 2 is 2.12 bits per heavy atom. The van der Waals surface area contributed by atoms with Crippen LogP contribution in [0.3, 0.4) is 0 Å². The van der Waals surface area contributed by atoms with Gasteiger partial charge in [0.15, 0.2) is 0 Å². The van der Waals surface area contributed by atoms with E-state index in [-0.39, 0.29) is 0 Å². The van der Waals surface area contributed by atoms with Gasteiger partial charge in [0, 0.05) is 30.1 Å². The minimum absolute atomic E-state index is 0.367. The molecule has 0 radical (unpaired) electrons. The van der Waals surface area contributed by atoms with Gasteiger partial charge in [-0.1, -0.05) is 34.6 Å². The van der Waals surface area contributed by atoms with Gasteiger partial charge in [0.25, 0.3) is 0 Å². The number of nitrogens with one attached hydrogen (secondary N) is 1. The van der Waals surface area contributed by atoms with E-state index in [4.69, 9.17) is 0 Å². The van der Waals surface area contributed by atoms with Crippen molar-refractivity contribution < 1.29 is 0 Å². The molecule has 1 aliphatic rings. The van der Waals surface area contributed by atoms with Crippen LogP contribution in [-0.4, -0.2) is 48.1 Å². The van der Waals surface area contributed by atoms with Gasteiger partial charge in [-0.25, -0.2) is 0 Å². The van der Waals surface area contributed by atoms with Crippen molar-refractivity contribution >= 4 is 11.8 Å². The third kappa shape index (κ3) is 5.62.